The highest BCUT2D eigenvalue weighted by Gasteiger charge is 2.14. The zero-order valence-corrected chi connectivity index (χ0v) is 10.8. The first-order chi connectivity index (χ1) is 8.06. The predicted molar refractivity (Wildman–Crippen MR) is 67.1 cm³/mol. The molecule has 1 heterocycles. The molecule has 0 unspecified atom stereocenters. The molecule has 5 nitrogen and oxygen atoms in total. The fourth-order valence-electron chi connectivity index (χ4n) is 1.46. The first-order valence-electron chi connectivity index (χ1n) is 4.67. The van der Waals surface area contributed by atoms with Gasteiger partial charge in [-0.3, -0.25) is 14.8 Å². The van der Waals surface area contributed by atoms with Gasteiger partial charge in [0, 0.05) is 17.3 Å². The molecule has 0 radical (unpaired) electrons. The lowest BCUT2D eigenvalue weighted by Gasteiger charge is -2.03. The molecule has 0 spiro atoms. The molecule has 0 saturated carbocycles. The molecule has 0 aliphatic carbocycles. The Labute approximate surface area is 110 Å². The van der Waals surface area contributed by atoms with Crippen LogP contribution in [0.2, 0.25) is 5.02 Å². The van der Waals surface area contributed by atoms with Crippen molar-refractivity contribution in [1.82, 2.24) is 9.78 Å². The molecule has 0 aliphatic heterocycles. The highest BCUT2D eigenvalue weighted by atomic mass is 79.9. The van der Waals surface area contributed by atoms with Gasteiger partial charge in [-0.05, 0) is 28.1 Å². The van der Waals surface area contributed by atoms with Crippen molar-refractivity contribution in [2.45, 2.75) is 6.54 Å². The van der Waals surface area contributed by atoms with Gasteiger partial charge in [0.05, 0.1) is 27.7 Å². The minimum atomic E-state index is -0.426. The van der Waals surface area contributed by atoms with Crippen LogP contribution in [0.25, 0.3) is 0 Å². The van der Waals surface area contributed by atoms with E-state index < -0.39 is 4.92 Å². The van der Waals surface area contributed by atoms with Crippen LogP contribution < -0.4 is 0 Å². The number of hydrogen-bond donors (Lipinski definition) is 0. The van der Waals surface area contributed by atoms with Gasteiger partial charge in [-0.2, -0.15) is 5.10 Å². The van der Waals surface area contributed by atoms with Crippen molar-refractivity contribution in [3.8, 4) is 0 Å². The Morgan fingerprint density at radius 2 is 2.29 bits per heavy atom. The summed E-state index contributed by atoms with van der Waals surface area (Å²) in [6.07, 6.45) is 3.36. The van der Waals surface area contributed by atoms with Crippen molar-refractivity contribution in [2.75, 3.05) is 0 Å². The SMILES string of the molecule is O=[N+]([O-])c1ccc(Cl)cc1Cn1cc(Br)cn1. The van der Waals surface area contributed by atoms with E-state index in [1.807, 2.05) is 0 Å². The second-order valence-electron chi connectivity index (χ2n) is 3.39. The van der Waals surface area contributed by atoms with Crippen LogP contribution >= 0.6 is 27.5 Å². The maximum Gasteiger partial charge on any atom is 0.274 e. The number of nitrogens with zero attached hydrogens (tertiary/aromatic N) is 3. The summed E-state index contributed by atoms with van der Waals surface area (Å²) in [6, 6.07) is 4.48. The van der Waals surface area contributed by atoms with E-state index in [0.717, 1.165) is 4.47 Å². The van der Waals surface area contributed by atoms with E-state index in [1.165, 1.54) is 12.1 Å². The molecule has 2 aromatic rings. The Balaban J connectivity index is 2.37. The minimum absolute atomic E-state index is 0.0426. The largest absolute Gasteiger partial charge is 0.274 e. The van der Waals surface area contributed by atoms with Gasteiger partial charge in [0.25, 0.3) is 5.69 Å². The van der Waals surface area contributed by atoms with E-state index >= 15 is 0 Å². The van der Waals surface area contributed by atoms with Crippen LogP contribution in [-0.4, -0.2) is 14.7 Å². The average molecular weight is 317 g/mol. The van der Waals surface area contributed by atoms with Crippen molar-refractivity contribution >= 4 is 33.2 Å². The number of benzene rings is 1. The van der Waals surface area contributed by atoms with Crippen LogP contribution in [0, 0.1) is 10.1 Å². The summed E-state index contributed by atoms with van der Waals surface area (Å²) >= 11 is 9.10. The molecule has 0 saturated heterocycles. The maximum atomic E-state index is 10.9. The Hall–Kier alpha value is -1.40. The first-order valence-corrected chi connectivity index (χ1v) is 5.84. The van der Waals surface area contributed by atoms with Crippen molar-refractivity contribution in [1.29, 1.82) is 0 Å². The fraction of sp³-hybridized carbons (Fsp3) is 0.100. The lowest BCUT2D eigenvalue weighted by Crippen LogP contribution is -2.03. The molecular weight excluding hydrogens is 309 g/mol. The summed E-state index contributed by atoms with van der Waals surface area (Å²) in [5.41, 5.74) is 0.569. The highest BCUT2D eigenvalue weighted by molar-refractivity contribution is 9.10. The van der Waals surface area contributed by atoms with Crippen molar-refractivity contribution in [2.24, 2.45) is 0 Å². The molecule has 7 heteroatoms. The molecule has 88 valence electrons. The maximum absolute atomic E-state index is 10.9. The number of aromatic nitrogens is 2. The summed E-state index contributed by atoms with van der Waals surface area (Å²) in [5.74, 6) is 0. The first kappa shape index (κ1) is 12.1. The van der Waals surface area contributed by atoms with Crippen molar-refractivity contribution in [3.63, 3.8) is 0 Å². The molecule has 0 bridgehead atoms. The lowest BCUT2D eigenvalue weighted by molar-refractivity contribution is -0.385. The molecular formula is C10H7BrClN3O2. The summed E-state index contributed by atoms with van der Waals surface area (Å²) < 4.78 is 2.42. The number of hydrogen-bond acceptors (Lipinski definition) is 3. The molecule has 2 rings (SSSR count). The summed E-state index contributed by atoms with van der Waals surface area (Å²) in [6.45, 7) is 0.308. The Morgan fingerprint density at radius 3 is 2.88 bits per heavy atom. The Bertz CT molecular complexity index is 570. The molecule has 1 aromatic heterocycles. The molecule has 0 aliphatic rings. The number of rotatable bonds is 3. The average Bonchev–Trinajstić information content (AvgIpc) is 2.63. The monoisotopic (exact) mass is 315 g/mol. The van der Waals surface area contributed by atoms with E-state index in [4.69, 9.17) is 11.6 Å². The van der Waals surface area contributed by atoms with Gasteiger partial charge in [0.2, 0.25) is 0 Å². The second kappa shape index (κ2) is 4.85. The normalized spacial score (nSPS) is 10.5. The van der Waals surface area contributed by atoms with Crippen LogP contribution in [0.4, 0.5) is 5.69 Å². The van der Waals surface area contributed by atoms with Gasteiger partial charge in [-0.1, -0.05) is 11.6 Å². The van der Waals surface area contributed by atoms with Gasteiger partial charge in [0.1, 0.15) is 0 Å². The summed E-state index contributed by atoms with van der Waals surface area (Å²) in [4.78, 5) is 10.4. The smallest absolute Gasteiger partial charge is 0.267 e. The van der Waals surface area contributed by atoms with Gasteiger partial charge in [0.15, 0.2) is 0 Å². The Morgan fingerprint density at radius 1 is 1.53 bits per heavy atom. The lowest BCUT2D eigenvalue weighted by atomic mass is 10.2. The zero-order valence-electron chi connectivity index (χ0n) is 8.51. The number of halogens is 2. The topological polar surface area (TPSA) is 61.0 Å². The van der Waals surface area contributed by atoms with Gasteiger partial charge in [-0.25, -0.2) is 0 Å². The van der Waals surface area contributed by atoms with Crippen molar-refractivity contribution < 1.29 is 4.92 Å². The fourth-order valence-corrected chi connectivity index (χ4v) is 1.98. The van der Waals surface area contributed by atoms with Crippen LogP contribution in [0.3, 0.4) is 0 Å². The standard InChI is InChI=1S/C10H7BrClN3O2/c11-8-4-13-14(6-8)5-7-3-9(12)1-2-10(7)15(16)17/h1-4,6H,5H2. The summed E-state index contributed by atoms with van der Waals surface area (Å²) in [5, 5.41) is 15.4. The zero-order chi connectivity index (χ0) is 12.4. The highest BCUT2D eigenvalue weighted by Crippen LogP contribution is 2.23. The predicted octanol–water partition coefficient (Wildman–Crippen LogP) is 3.26. The summed E-state index contributed by atoms with van der Waals surface area (Å²) in [7, 11) is 0. The molecule has 1 aromatic carbocycles. The van der Waals surface area contributed by atoms with Crippen LogP contribution in [0.5, 0.6) is 0 Å². The van der Waals surface area contributed by atoms with Gasteiger partial charge >= 0.3 is 0 Å². The molecule has 17 heavy (non-hydrogen) atoms. The van der Waals surface area contributed by atoms with E-state index in [2.05, 4.69) is 21.0 Å². The van der Waals surface area contributed by atoms with Crippen LogP contribution in [-0.2, 0) is 6.54 Å². The molecule has 0 atom stereocenters. The quantitative estimate of drug-likeness (QED) is 0.645. The second-order valence-corrected chi connectivity index (χ2v) is 4.74. The van der Waals surface area contributed by atoms with E-state index in [0.29, 0.717) is 17.1 Å². The molecule has 0 fully saturated rings. The Kier molecular flexibility index (Phi) is 3.44. The van der Waals surface area contributed by atoms with E-state index in [9.17, 15) is 10.1 Å². The molecule has 0 amide bonds. The van der Waals surface area contributed by atoms with Crippen LogP contribution in [0.15, 0.2) is 35.1 Å². The minimum Gasteiger partial charge on any atom is -0.267 e. The van der Waals surface area contributed by atoms with E-state index in [-0.39, 0.29) is 5.69 Å². The number of nitro groups is 1. The van der Waals surface area contributed by atoms with Crippen molar-refractivity contribution in [3.05, 3.63) is 55.8 Å². The third kappa shape index (κ3) is 2.83. The van der Waals surface area contributed by atoms with E-state index in [1.54, 1.807) is 23.1 Å². The number of nitro benzene ring substituents is 1. The van der Waals surface area contributed by atoms with Crippen LogP contribution in [0.1, 0.15) is 5.56 Å². The third-order valence-electron chi connectivity index (χ3n) is 2.17. The third-order valence-corrected chi connectivity index (χ3v) is 2.82. The van der Waals surface area contributed by atoms with Gasteiger partial charge < -0.3 is 0 Å². The van der Waals surface area contributed by atoms with Gasteiger partial charge in [-0.15, -0.1) is 0 Å². The molecule has 0 N–H and O–H groups in total.